The molecule has 1 nitrogen and oxygen atoms in total. The second-order valence-electron chi connectivity index (χ2n) is 3.17. The van der Waals surface area contributed by atoms with E-state index in [0.29, 0.717) is 6.42 Å². The van der Waals surface area contributed by atoms with E-state index in [1.165, 1.54) is 0 Å². The predicted molar refractivity (Wildman–Crippen MR) is 36.0 cm³/mol. The van der Waals surface area contributed by atoms with Crippen molar-refractivity contribution in [2.24, 2.45) is 11.1 Å². The molecule has 1 aliphatic carbocycles. The molecular formula is C7H12F3N. The van der Waals surface area contributed by atoms with Crippen molar-refractivity contribution in [3.05, 3.63) is 0 Å². The van der Waals surface area contributed by atoms with E-state index in [9.17, 15) is 13.2 Å². The van der Waals surface area contributed by atoms with Gasteiger partial charge in [-0.05, 0) is 25.8 Å². The Balaban J connectivity index is 2.60. The zero-order valence-electron chi connectivity index (χ0n) is 6.25. The fraction of sp³-hybridized carbons (Fsp3) is 1.00. The molecule has 0 spiro atoms. The Kier molecular flexibility index (Phi) is 2.14. The van der Waals surface area contributed by atoms with Gasteiger partial charge in [-0.25, -0.2) is 0 Å². The van der Waals surface area contributed by atoms with Crippen LogP contribution in [0.5, 0.6) is 0 Å². The summed E-state index contributed by atoms with van der Waals surface area (Å²) in [4.78, 5) is 0. The van der Waals surface area contributed by atoms with Crippen LogP contribution in [-0.4, -0.2) is 12.7 Å². The number of alkyl halides is 3. The topological polar surface area (TPSA) is 26.0 Å². The molecule has 1 fully saturated rings. The normalized spacial score (nSPS) is 22.9. The second kappa shape index (κ2) is 2.66. The van der Waals surface area contributed by atoms with E-state index in [1.807, 2.05) is 0 Å². The van der Waals surface area contributed by atoms with Gasteiger partial charge in [0, 0.05) is 0 Å². The summed E-state index contributed by atoms with van der Waals surface area (Å²) in [6.45, 7) is 0.138. The molecule has 1 saturated carbocycles. The van der Waals surface area contributed by atoms with Crippen LogP contribution in [0, 0.1) is 5.41 Å². The van der Waals surface area contributed by atoms with E-state index in [4.69, 9.17) is 5.73 Å². The minimum Gasteiger partial charge on any atom is -0.330 e. The number of rotatable bonds is 2. The first-order valence-corrected chi connectivity index (χ1v) is 3.79. The van der Waals surface area contributed by atoms with Crippen molar-refractivity contribution >= 4 is 0 Å². The average molecular weight is 167 g/mol. The third-order valence-electron chi connectivity index (χ3n) is 2.53. The van der Waals surface area contributed by atoms with Gasteiger partial charge in [-0.2, -0.15) is 13.2 Å². The second-order valence-corrected chi connectivity index (χ2v) is 3.17. The zero-order valence-corrected chi connectivity index (χ0v) is 6.25. The molecule has 0 radical (unpaired) electrons. The lowest BCUT2D eigenvalue weighted by atomic mass is 9.66. The van der Waals surface area contributed by atoms with Crippen LogP contribution in [-0.2, 0) is 0 Å². The zero-order chi connectivity index (χ0) is 8.54. The van der Waals surface area contributed by atoms with Gasteiger partial charge < -0.3 is 5.73 Å². The van der Waals surface area contributed by atoms with Crippen LogP contribution in [0.3, 0.4) is 0 Å². The van der Waals surface area contributed by atoms with Crippen molar-refractivity contribution in [3.8, 4) is 0 Å². The summed E-state index contributed by atoms with van der Waals surface area (Å²) in [6, 6.07) is 0. The molecule has 0 amide bonds. The summed E-state index contributed by atoms with van der Waals surface area (Å²) in [6.07, 6.45) is -2.71. The Bertz CT molecular complexity index is 137. The van der Waals surface area contributed by atoms with Gasteiger partial charge in [0.25, 0.3) is 0 Å². The molecule has 0 atom stereocenters. The molecule has 4 heteroatoms. The van der Waals surface area contributed by atoms with Crippen LogP contribution >= 0.6 is 0 Å². The van der Waals surface area contributed by atoms with Gasteiger partial charge in [-0.15, -0.1) is 0 Å². The van der Waals surface area contributed by atoms with Gasteiger partial charge >= 0.3 is 6.18 Å². The lowest BCUT2D eigenvalue weighted by molar-refractivity contribution is -0.252. The summed E-state index contributed by atoms with van der Waals surface area (Å²) >= 11 is 0. The van der Waals surface area contributed by atoms with Crippen LogP contribution in [0.15, 0.2) is 0 Å². The van der Waals surface area contributed by atoms with Crippen molar-refractivity contribution in [2.45, 2.75) is 31.9 Å². The van der Waals surface area contributed by atoms with Gasteiger partial charge in [-0.3, -0.25) is 0 Å². The maximum atomic E-state index is 12.3. The van der Waals surface area contributed by atoms with Crippen molar-refractivity contribution in [3.63, 3.8) is 0 Å². The third kappa shape index (κ3) is 1.36. The molecule has 0 heterocycles. The summed E-state index contributed by atoms with van der Waals surface area (Å²) in [7, 11) is 0. The van der Waals surface area contributed by atoms with Crippen LogP contribution in [0.25, 0.3) is 0 Å². The molecule has 0 aromatic carbocycles. The van der Waals surface area contributed by atoms with Crippen molar-refractivity contribution < 1.29 is 13.2 Å². The Morgan fingerprint density at radius 2 is 1.82 bits per heavy atom. The number of nitrogens with two attached hydrogens (primary N) is 1. The maximum absolute atomic E-state index is 12.3. The highest BCUT2D eigenvalue weighted by Gasteiger charge is 2.57. The molecule has 0 aliphatic heterocycles. The smallest absolute Gasteiger partial charge is 0.330 e. The molecule has 1 aliphatic rings. The Morgan fingerprint density at radius 3 is 1.91 bits per heavy atom. The van der Waals surface area contributed by atoms with E-state index in [0.717, 1.165) is 0 Å². The van der Waals surface area contributed by atoms with Gasteiger partial charge in [0.05, 0.1) is 5.41 Å². The van der Waals surface area contributed by atoms with Gasteiger partial charge in [0.1, 0.15) is 0 Å². The SMILES string of the molecule is NCCC1(C(F)(F)F)CCC1. The molecular weight excluding hydrogens is 155 g/mol. The standard InChI is InChI=1S/C7H12F3N/c8-7(9,10)6(4-5-11)2-1-3-6/h1-5,11H2. The van der Waals surface area contributed by atoms with Crippen LogP contribution in [0.2, 0.25) is 0 Å². The predicted octanol–water partition coefficient (Wildman–Crippen LogP) is 2.07. The first kappa shape index (κ1) is 8.84. The molecule has 0 aromatic rings. The van der Waals surface area contributed by atoms with Crippen LogP contribution in [0.4, 0.5) is 13.2 Å². The van der Waals surface area contributed by atoms with E-state index in [1.54, 1.807) is 0 Å². The van der Waals surface area contributed by atoms with E-state index in [2.05, 4.69) is 0 Å². The highest BCUT2D eigenvalue weighted by Crippen LogP contribution is 2.54. The molecule has 1 rings (SSSR count). The first-order valence-electron chi connectivity index (χ1n) is 3.79. The summed E-state index contributed by atoms with van der Waals surface area (Å²) < 4.78 is 36.9. The van der Waals surface area contributed by atoms with E-state index < -0.39 is 11.6 Å². The fourth-order valence-electron chi connectivity index (χ4n) is 1.56. The Labute approximate surface area is 63.8 Å². The molecule has 0 unspecified atom stereocenters. The van der Waals surface area contributed by atoms with Crippen LogP contribution in [0.1, 0.15) is 25.7 Å². The summed E-state index contributed by atoms with van der Waals surface area (Å²) in [5.74, 6) is 0. The summed E-state index contributed by atoms with van der Waals surface area (Å²) in [5.41, 5.74) is 3.71. The largest absolute Gasteiger partial charge is 0.394 e. The van der Waals surface area contributed by atoms with Gasteiger partial charge in [0.2, 0.25) is 0 Å². The molecule has 11 heavy (non-hydrogen) atoms. The molecule has 66 valence electrons. The number of hydrogen-bond donors (Lipinski definition) is 1. The highest BCUT2D eigenvalue weighted by molar-refractivity contribution is 4.93. The highest BCUT2D eigenvalue weighted by atomic mass is 19.4. The lowest BCUT2D eigenvalue weighted by Crippen LogP contribution is -2.45. The quantitative estimate of drug-likeness (QED) is 0.669. The Morgan fingerprint density at radius 1 is 1.27 bits per heavy atom. The first-order chi connectivity index (χ1) is 5.02. The lowest BCUT2D eigenvalue weighted by Gasteiger charge is -2.43. The molecule has 0 aromatic heterocycles. The minimum absolute atomic E-state index is 0.0938. The maximum Gasteiger partial charge on any atom is 0.394 e. The van der Waals surface area contributed by atoms with Crippen LogP contribution < -0.4 is 5.73 Å². The van der Waals surface area contributed by atoms with Gasteiger partial charge in [0.15, 0.2) is 0 Å². The molecule has 0 saturated heterocycles. The monoisotopic (exact) mass is 167 g/mol. The average Bonchev–Trinajstić information content (AvgIpc) is 1.75. The van der Waals surface area contributed by atoms with Crippen molar-refractivity contribution in [2.75, 3.05) is 6.54 Å². The number of halogens is 3. The van der Waals surface area contributed by atoms with E-state index >= 15 is 0 Å². The summed E-state index contributed by atoms with van der Waals surface area (Å²) in [5, 5.41) is 0. The minimum atomic E-state index is -4.04. The molecule has 2 N–H and O–H groups in total. The van der Waals surface area contributed by atoms with Crippen molar-refractivity contribution in [1.29, 1.82) is 0 Å². The fourth-order valence-corrected chi connectivity index (χ4v) is 1.56. The Hall–Kier alpha value is -0.250. The third-order valence-corrected chi connectivity index (χ3v) is 2.53. The van der Waals surface area contributed by atoms with E-state index in [-0.39, 0.29) is 25.8 Å². The number of hydrogen-bond acceptors (Lipinski definition) is 1. The van der Waals surface area contributed by atoms with Gasteiger partial charge in [-0.1, -0.05) is 6.42 Å². The molecule has 0 bridgehead atoms. The van der Waals surface area contributed by atoms with Crippen molar-refractivity contribution in [1.82, 2.24) is 0 Å².